The second-order valence-corrected chi connectivity index (χ2v) is 5.86. The first-order valence-corrected chi connectivity index (χ1v) is 7.25. The summed E-state index contributed by atoms with van der Waals surface area (Å²) in [6.07, 6.45) is 0.382. The Morgan fingerprint density at radius 2 is 2.05 bits per heavy atom. The summed E-state index contributed by atoms with van der Waals surface area (Å²) < 4.78 is 10.7. The van der Waals surface area contributed by atoms with Crippen molar-refractivity contribution in [2.24, 2.45) is 11.7 Å². The number of nitrogens with two attached hydrogens (primary N) is 1. The average molecular weight is 292 g/mol. The summed E-state index contributed by atoms with van der Waals surface area (Å²) >= 11 is 0. The Balaban J connectivity index is 2.39. The van der Waals surface area contributed by atoms with Crippen molar-refractivity contribution >= 4 is 5.91 Å². The summed E-state index contributed by atoms with van der Waals surface area (Å²) in [5.41, 5.74) is 7.15. The van der Waals surface area contributed by atoms with E-state index in [1.165, 1.54) is 0 Å². The molecule has 5 nitrogen and oxygen atoms in total. The van der Waals surface area contributed by atoms with Crippen LogP contribution in [-0.2, 0) is 4.79 Å². The van der Waals surface area contributed by atoms with Crippen LogP contribution in [0.4, 0.5) is 0 Å². The number of hydrogen-bond donors (Lipinski definition) is 1. The summed E-state index contributed by atoms with van der Waals surface area (Å²) in [4.78, 5) is 14.1. The molecule has 1 amide bonds. The minimum atomic E-state index is -0.210. The van der Waals surface area contributed by atoms with Gasteiger partial charge in [-0.2, -0.15) is 0 Å². The van der Waals surface area contributed by atoms with Gasteiger partial charge in [-0.1, -0.05) is 13.8 Å². The average Bonchev–Trinajstić information content (AvgIpc) is 2.72. The third kappa shape index (κ3) is 3.13. The molecule has 1 fully saturated rings. The summed E-state index contributed by atoms with van der Waals surface area (Å²) in [7, 11) is 3.23. The monoisotopic (exact) mass is 292 g/mol. The topological polar surface area (TPSA) is 64.8 Å². The maximum absolute atomic E-state index is 12.2. The van der Waals surface area contributed by atoms with Gasteiger partial charge in [-0.3, -0.25) is 4.79 Å². The molecule has 1 aromatic rings. The lowest BCUT2D eigenvalue weighted by Gasteiger charge is -2.30. The van der Waals surface area contributed by atoms with Crippen molar-refractivity contribution < 1.29 is 14.3 Å². The molecular formula is C16H24N2O3. The first-order valence-electron chi connectivity index (χ1n) is 7.25. The van der Waals surface area contributed by atoms with Gasteiger partial charge in [0.1, 0.15) is 11.5 Å². The molecule has 5 heteroatoms. The molecule has 0 spiro atoms. The van der Waals surface area contributed by atoms with E-state index in [9.17, 15) is 4.79 Å². The molecule has 1 saturated heterocycles. The first kappa shape index (κ1) is 15.6. The van der Waals surface area contributed by atoms with Gasteiger partial charge in [-0.25, -0.2) is 0 Å². The molecule has 1 aliphatic heterocycles. The van der Waals surface area contributed by atoms with Crippen LogP contribution in [0.3, 0.4) is 0 Å². The van der Waals surface area contributed by atoms with Gasteiger partial charge in [0, 0.05) is 30.6 Å². The third-order valence-electron chi connectivity index (χ3n) is 3.79. The minimum Gasteiger partial charge on any atom is -0.497 e. The fourth-order valence-corrected chi connectivity index (χ4v) is 2.89. The van der Waals surface area contributed by atoms with E-state index in [-0.39, 0.29) is 18.0 Å². The lowest BCUT2D eigenvalue weighted by Crippen LogP contribution is -2.35. The van der Waals surface area contributed by atoms with Crippen LogP contribution < -0.4 is 15.2 Å². The summed E-state index contributed by atoms with van der Waals surface area (Å²) in [6.45, 7) is 4.89. The summed E-state index contributed by atoms with van der Waals surface area (Å²) in [6, 6.07) is 5.30. The maximum Gasteiger partial charge on any atom is 0.224 e. The van der Waals surface area contributed by atoms with Crippen LogP contribution >= 0.6 is 0 Å². The van der Waals surface area contributed by atoms with Crippen LogP contribution in [0.1, 0.15) is 31.9 Å². The smallest absolute Gasteiger partial charge is 0.224 e. The zero-order valence-corrected chi connectivity index (χ0v) is 13.1. The van der Waals surface area contributed by atoms with Crippen LogP contribution in [0.25, 0.3) is 0 Å². The quantitative estimate of drug-likeness (QED) is 0.901. The van der Waals surface area contributed by atoms with Crippen LogP contribution in [-0.4, -0.2) is 37.6 Å². The van der Waals surface area contributed by atoms with E-state index < -0.39 is 0 Å². The zero-order valence-electron chi connectivity index (χ0n) is 13.1. The molecule has 1 aliphatic rings. The molecule has 1 aromatic carbocycles. The Labute approximate surface area is 126 Å². The summed E-state index contributed by atoms with van der Waals surface area (Å²) in [5.74, 6) is 1.94. The van der Waals surface area contributed by atoms with Crippen molar-refractivity contribution in [1.29, 1.82) is 0 Å². The normalized spacial score (nSPS) is 22.0. The number of carbonyl (C=O) groups is 1. The van der Waals surface area contributed by atoms with Gasteiger partial charge < -0.3 is 20.1 Å². The van der Waals surface area contributed by atoms with Crippen LogP contribution in [0, 0.1) is 5.92 Å². The molecule has 21 heavy (non-hydrogen) atoms. The van der Waals surface area contributed by atoms with Crippen molar-refractivity contribution in [3.63, 3.8) is 0 Å². The van der Waals surface area contributed by atoms with Gasteiger partial charge in [0.05, 0.1) is 20.3 Å². The second-order valence-electron chi connectivity index (χ2n) is 5.86. The lowest BCUT2D eigenvalue weighted by molar-refractivity contribution is -0.129. The fourth-order valence-electron chi connectivity index (χ4n) is 2.89. The zero-order chi connectivity index (χ0) is 15.6. The van der Waals surface area contributed by atoms with E-state index in [1.807, 2.05) is 23.1 Å². The number of benzene rings is 1. The number of nitrogens with zero attached hydrogens (tertiary/aromatic N) is 1. The maximum atomic E-state index is 12.2. The van der Waals surface area contributed by atoms with Crippen molar-refractivity contribution in [1.82, 2.24) is 4.90 Å². The molecule has 2 atom stereocenters. The highest BCUT2D eigenvalue weighted by molar-refractivity contribution is 5.80. The Morgan fingerprint density at radius 1 is 1.33 bits per heavy atom. The molecule has 0 bridgehead atoms. The second kappa shape index (κ2) is 6.35. The van der Waals surface area contributed by atoms with Crippen molar-refractivity contribution in [2.75, 3.05) is 20.8 Å². The molecular weight excluding hydrogens is 268 g/mol. The van der Waals surface area contributed by atoms with Gasteiger partial charge in [0.25, 0.3) is 0 Å². The number of ether oxygens (including phenoxy) is 2. The highest BCUT2D eigenvalue weighted by atomic mass is 16.5. The van der Waals surface area contributed by atoms with Gasteiger partial charge in [0.2, 0.25) is 5.91 Å². The molecule has 116 valence electrons. The van der Waals surface area contributed by atoms with Gasteiger partial charge >= 0.3 is 0 Å². The largest absolute Gasteiger partial charge is 0.497 e. The Morgan fingerprint density at radius 3 is 2.62 bits per heavy atom. The van der Waals surface area contributed by atoms with E-state index in [1.54, 1.807) is 14.2 Å². The molecule has 1 heterocycles. The van der Waals surface area contributed by atoms with E-state index >= 15 is 0 Å². The number of likely N-dealkylation sites (tertiary alicyclic amines) is 1. The highest BCUT2D eigenvalue weighted by Crippen LogP contribution is 2.38. The molecule has 0 radical (unpaired) electrons. The van der Waals surface area contributed by atoms with E-state index in [0.29, 0.717) is 24.6 Å². The fraction of sp³-hybridized carbons (Fsp3) is 0.562. The predicted molar refractivity (Wildman–Crippen MR) is 81.4 cm³/mol. The van der Waals surface area contributed by atoms with Crippen molar-refractivity contribution in [2.45, 2.75) is 32.4 Å². The van der Waals surface area contributed by atoms with E-state index in [0.717, 1.165) is 11.3 Å². The van der Waals surface area contributed by atoms with Crippen molar-refractivity contribution in [3.05, 3.63) is 23.8 Å². The van der Waals surface area contributed by atoms with Crippen LogP contribution in [0.15, 0.2) is 18.2 Å². The molecule has 0 aromatic heterocycles. The Kier molecular flexibility index (Phi) is 4.73. The molecule has 2 rings (SSSR count). The minimum absolute atomic E-state index is 0.110. The van der Waals surface area contributed by atoms with Gasteiger partial charge in [-0.05, 0) is 18.1 Å². The standard InChI is InChI=1S/C16H24N2O3/c1-10(2)9-18-15(19)8-13(17)16(18)12-6-5-11(20-3)7-14(12)21-4/h5-7,10,13,16H,8-9,17H2,1-4H3. The molecule has 0 saturated carbocycles. The van der Waals surface area contributed by atoms with E-state index in [2.05, 4.69) is 13.8 Å². The SMILES string of the molecule is COc1ccc(C2C(N)CC(=O)N2CC(C)C)c(OC)c1. The number of rotatable bonds is 5. The molecule has 0 aliphatic carbocycles. The van der Waals surface area contributed by atoms with Crippen molar-refractivity contribution in [3.8, 4) is 11.5 Å². The van der Waals surface area contributed by atoms with E-state index in [4.69, 9.17) is 15.2 Å². The first-order chi connectivity index (χ1) is 9.97. The van der Waals surface area contributed by atoms with Gasteiger partial charge in [-0.15, -0.1) is 0 Å². The third-order valence-corrected chi connectivity index (χ3v) is 3.79. The Hall–Kier alpha value is -1.75. The van der Waals surface area contributed by atoms with Crippen LogP contribution in [0.5, 0.6) is 11.5 Å². The molecule has 2 unspecified atom stereocenters. The molecule has 2 N–H and O–H groups in total. The highest BCUT2D eigenvalue weighted by Gasteiger charge is 2.40. The summed E-state index contributed by atoms with van der Waals surface area (Å²) in [5, 5.41) is 0. The predicted octanol–water partition coefficient (Wildman–Crippen LogP) is 1.96. The lowest BCUT2D eigenvalue weighted by atomic mass is 9.99. The van der Waals surface area contributed by atoms with Gasteiger partial charge in [0.15, 0.2) is 0 Å². The number of methoxy groups -OCH3 is 2. The number of hydrogen-bond acceptors (Lipinski definition) is 4. The van der Waals surface area contributed by atoms with Crippen LogP contribution in [0.2, 0.25) is 0 Å². The Bertz CT molecular complexity index is 516. The number of carbonyl (C=O) groups excluding carboxylic acids is 1. The number of amides is 1.